The van der Waals surface area contributed by atoms with Crippen molar-refractivity contribution in [1.82, 2.24) is 0 Å². The van der Waals surface area contributed by atoms with Crippen LogP contribution in [0.1, 0.15) is 11.1 Å². The van der Waals surface area contributed by atoms with E-state index in [2.05, 4.69) is 20.7 Å². The zero-order chi connectivity index (χ0) is 15.8. The summed E-state index contributed by atoms with van der Waals surface area (Å²) in [5, 5.41) is 0.555. The molecule has 0 unspecified atom stereocenters. The van der Waals surface area contributed by atoms with Crippen molar-refractivity contribution < 1.29 is 8.42 Å². The van der Waals surface area contributed by atoms with Crippen LogP contribution in [0.5, 0.6) is 0 Å². The molecule has 0 saturated heterocycles. The Morgan fingerprint density at radius 2 is 1.81 bits per heavy atom. The molecule has 3 N–H and O–H groups in total. The van der Waals surface area contributed by atoms with E-state index in [1.54, 1.807) is 38.1 Å². The Morgan fingerprint density at radius 1 is 1.14 bits per heavy atom. The smallest absolute Gasteiger partial charge is 0.262 e. The van der Waals surface area contributed by atoms with E-state index in [4.69, 9.17) is 17.3 Å². The van der Waals surface area contributed by atoms with Gasteiger partial charge in [0.15, 0.2) is 0 Å². The van der Waals surface area contributed by atoms with E-state index < -0.39 is 10.0 Å². The number of hydrogen-bond donors (Lipinski definition) is 2. The highest BCUT2D eigenvalue weighted by Crippen LogP contribution is 2.29. The number of nitrogens with one attached hydrogen (secondary N) is 1. The van der Waals surface area contributed by atoms with Gasteiger partial charge >= 0.3 is 0 Å². The summed E-state index contributed by atoms with van der Waals surface area (Å²) >= 11 is 9.15. The summed E-state index contributed by atoms with van der Waals surface area (Å²) in [5.74, 6) is 0. The number of aryl methyl sites for hydroxylation is 2. The molecule has 0 fully saturated rings. The highest BCUT2D eigenvalue weighted by molar-refractivity contribution is 9.10. The lowest BCUT2D eigenvalue weighted by molar-refractivity contribution is 0.600. The summed E-state index contributed by atoms with van der Waals surface area (Å²) in [6.07, 6.45) is 0. The Balaban J connectivity index is 2.46. The van der Waals surface area contributed by atoms with Crippen molar-refractivity contribution >= 4 is 48.9 Å². The maximum Gasteiger partial charge on any atom is 0.262 e. The second-order valence-corrected chi connectivity index (χ2v) is 7.65. The van der Waals surface area contributed by atoms with Crippen LogP contribution in [0.2, 0.25) is 5.02 Å². The van der Waals surface area contributed by atoms with Gasteiger partial charge in [-0.2, -0.15) is 0 Å². The van der Waals surface area contributed by atoms with Crippen LogP contribution in [0.4, 0.5) is 11.4 Å². The average Bonchev–Trinajstić information content (AvgIpc) is 2.37. The molecule has 112 valence electrons. The van der Waals surface area contributed by atoms with Gasteiger partial charge in [-0.25, -0.2) is 8.42 Å². The lowest BCUT2D eigenvalue weighted by Crippen LogP contribution is -2.15. The van der Waals surface area contributed by atoms with Crippen molar-refractivity contribution in [3.63, 3.8) is 0 Å². The van der Waals surface area contributed by atoms with E-state index in [-0.39, 0.29) is 4.90 Å². The molecule has 0 amide bonds. The summed E-state index contributed by atoms with van der Waals surface area (Å²) in [7, 11) is -3.71. The van der Waals surface area contributed by atoms with Gasteiger partial charge in [0.05, 0.1) is 10.6 Å². The van der Waals surface area contributed by atoms with Crippen LogP contribution in [0.15, 0.2) is 39.7 Å². The average molecular weight is 390 g/mol. The summed E-state index contributed by atoms with van der Waals surface area (Å²) in [5.41, 5.74) is 7.98. The molecule has 2 aromatic rings. The summed E-state index contributed by atoms with van der Waals surface area (Å²) in [4.78, 5) is 0.151. The Kier molecular flexibility index (Phi) is 4.51. The Labute approximate surface area is 137 Å². The van der Waals surface area contributed by atoms with E-state index in [0.29, 0.717) is 26.4 Å². The van der Waals surface area contributed by atoms with E-state index >= 15 is 0 Å². The quantitative estimate of drug-likeness (QED) is 0.776. The minimum atomic E-state index is -3.71. The normalized spacial score (nSPS) is 11.4. The van der Waals surface area contributed by atoms with Gasteiger partial charge in [-0.3, -0.25) is 4.72 Å². The number of benzene rings is 2. The van der Waals surface area contributed by atoms with Crippen molar-refractivity contribution in [3.05, 3.63) is 51.0 Å². The minimum Gasteiger partial charge on any atom is -0.398 e. The summed E-state index contributed by atoms with van der Waals surface area (Å²) in [6, 6.07) is 8.08. The molecule has 0 bridgehead atoms. The Bertz CT molecular complexity index is 807. The van der Waals surface area contributed by atoms with Crippen LogP contribution in [0.3, 0.4) is 0 Å². The largest absolute Gasteiger partial charge is 0.398 e. The highest BCUT2D eigenvalue weighted by atomic mass is 79.9. The van der Waals surface area contributed by atoms with E-state index in [1.807, 2.05) is 0 Å². The van der Waals surface area contributed by atoms with Crippen LogP contribution >= 0.6 is 27.5 Å². The van der Waals surface area contributed by atoms with Gasteiger partial charge in [0.1, 0.15) is 0 Å². The second kappa shape index (κ2) is 5.87. The lowest BCUT2D eigenvalue weighted by Gasteiger charge is -2.13. The molecule has 0 aliphatic heterocycles. The van der Waals surface area contributed by atoms with Crippen molar-refractivity contribution in [1.29, 1.82) is 0 Å². The van der Waals surface area contributed by atoms with Crippen molar-refractivity contribution in [2.45, 2.75) is 18.7 Å². The first-order chi connectivity index (χ1) is 9.70. The number of halogens is 2. The molecule has 2 rings (SSSR count). The molecule has 0 aliphatic rings. The molecule has 0 atom stereocenters. The standard InChI is InChI=1S/C14H14BrClN2O2S/c1-8-5-10(16)3-4-13(8)18-21(19,20)14-7-12(17)11(15)6-9(14)2/h3-7,18H,17H2,1-2H3. The summed E-state index contributed by atoms with van der Waals surface area (Å²) in [6.45, 7) is 3.50. The first kappa shape index (κ1) is 16.1. The van der Waals surface area contributed by atoms with Crippen molar-refractivity contribution in [2.75, 3.05) is 10.5 Å². The zero-order valence-corrected chi connectivity index (χ0v) is 14.6. The monoisotopic (exact) mass is 388 g/mol. The molecule has 4 nitrogen and oxygen atoms in total. The van der Waals surface area contributed by atoms with Gasteiger partial charge < -0.3 is 5.73 Å². The maximum atomic E-state index is 12.5. The molecule has 0 heterocycles. The number of hydrogen-bond acceptors (Lipinski definition) is 3. The van der Waals surface area contributed by atoms with Gasteiger partial charge in [0.2, 0.25) is 0 Å². The van der Waals surface area contributed by atoms with Crippen LogP contribution < -0.4 is 10.5 Å². The third kappa shape index (κ3) is 3.51. The van der Waals surface area contributed by atoms with E-state index in [0.717, 1.165) is 5.56 Å². The predicted octanol–water partition coefficient (Wildman–Crippen LogP) is 4.10. The molecular weight excluding hydrogens is 376 g/mol. The van der Waals surface area contributed by atoms with E-state index in [1.165, 1.54) is 6.07 Å². The fourth-order valence-corrected chi connectivity index (χ4v) is 3.98. The van der Waals surface area contributed by atoms with Crippen LogP contribution in [0.25, 0.3) is 0 Å². The molecule has 7 heteroatoms. The number of sulfonamides is 1. The van der Waals surface area contributed by atoms with Crippen LogP contribution in [-0.4, -0.2) is 8.42 Å². The maximum absolute atomic E-state index is 12.5. The lowest BCUT2D eigenvalue weighted by atomic mass is 10.2. The zero-order valence-electron chi connectivity index (χ0n) is 11.4. The molecule has 2 aromatic carbocycles. The van der Waals surface area contributed by atoms with Gasteiger partial charge in [-0.1, -0.05) is 11.6 Å². The van der Waals surface area contributed by atoms with Gasteiger partial charge in [-0.05, 0) is 71.2 Å². The Hall–Kier alpha value is -1.24. The Morgan fingerprint density at radius 3 is 2.43 bits per heavy atom. The molecule has 0 radical (unpaired) electrons. The minimum absolute atomic E-state index is 0.151. The number of rotatable bonds is 3. The topological polar surface area (TPSA) is 72.2 Å². The molecule has 0 saturated carbocycles. The third-order valence-electron chi connectivity index (χ3n) is 3.02. The molecule has 0 aromatic heterocycles. The number of anilines is 2. The van der Waals surface area contributed by atoms with Crippen LogP contribution in [0, 0.1) is 13.8 Å². The highest BCUT2D eigenvalue weighted by Gasteiger charge is 2.19. The van der Waals surface area contributed by atoms with E-state index in [9.17, 15) is 8.42 Å². The number of nitrogen functional groups attached to an aromatic ring is 1. The fraction of sp³-hybridized carbons (Fsp3) is 0.143. The molecule has 0 aliphatic carbocycles. The first-order valence-corrected chi connectivity index (χ1v) is 8.71. The SMILES string of the molecule is Cc1cc(Cl)ccc1NS(=O)(=O)c1cc(N)c(Br)cc1C. The van der Waals surface area contributed by atoms with Gasteiger partial charge in [-0.15, -0.1) is 0 Å². The molecule has 21 heavy (non-hydrogen) atoms. The van der Waals surface area contributed by atoms with Crippen molar-refractivity contribution in [2.24, 2.45) is 0 Å². The fourth-order valence-electron chi connectivity index (χ4n) is 1.90. The first-order valence-electron chi connectivity index (χ1n) is 6.05. The molecule has 0 spiro atoms. The van der Waals surface area contributed by atoms with Gasteiger partial charge in [0, 0.05) is 15.2 Å². The molecular formula is C14H14BrClN2O2S. The van der Waals surface area contributed by atoms with Gasteiger partial charge in [0.25, 0.3) is 10.0 Å². The third-order valence-corrected chi connectivity index (χ3v) is 5.45. The number of nitrogens with two attached hydrogens (primary N) is 1. The van der Waals surface area contributed by atoms with Crippen LogP contribution in [-0.2, 0) is 10.0 Å². The predicted molar refractivity (Wildman–Crippen MR) is 90.3 cm³/mol. The summed E-state index contributed by atoms with van der Waals surface area (Å²) < 4.78 is 28.2. The second-order valence-electron chi connectivity index (χ2n) is 4.70. The van der Waals surface area contributed by atoms with Crippen molar-refractivity contribution in [3.8, 4) is 0 Å².